The van der Waals surface area contributed by atoms with Crippen molar-refractivity contribution in [3.63, 3.8) is 0 Å². The van der Waals surface area contributed by atoms with E-state index in [-0.39, 0.29) is 83.0 Å². The zero-order valence-corrected chi connectivity index (χ0v) is 45.9. The van der Waals surface area contributed by atoms with Gasteiger partial charge >= 0.3 is 5.97 Å². The van der Waals surface area contributed by atoms with Crippen molar-refractivity contribution in [2.24, 2.45) is 38.7 Å². The van der Waals surface area contributed by atoms with E-state index in [2.05, 4.69) is 36.6 Å². The lowest BCUT2D eigenvalue weighted by molar-refractivity contribution is -0.147. The fourth-order valence-electron chi connectivity index (χ4n) is 9.47. The molecule has 8 amide bonds. The summed E-state index contributed by atoms with van der Waals surface area (Å²) in [5.41, 5.74) is 28.9. The Morgan fingerprint density at radius 1 is 0.716 bits per heavy atom. The van der Waals surface area contributed by atoms with Gasteiger partial charge in [0.25, 0.3) is 0 Å². The average molecular weight is 1150 g/mol. The summed E-state index contributed by atoms with van der Waals surface area (Å²) >= 11 is 1.27. The van der Waals surface area contributed by atoms with Crippen molar-refractivity contribution in [1.82, 2.24) is 41.3 Å². The molecular weight excluding hydrogens is 1070 g/mol. The van der Waals surface area contributed by atoms with Crippen LogP contribution in [0.4, 0.5) is 0 Å². The number of aliphatic hydroxyl groups excluding tert-OH is 2. The van der Waals surface area contributed by atoms with Crippen LogP contribution in [0.25, 0.3) is 0 Å². The van der Waals surface area contributed by atoms with Crippen LogP contribution >= 0.6 is 11.3 Å². The van der Waals surface area contributed by atoms with Crippen LogP contribution in [-0.4, -0.2) is 196 Å². The van der Waals surface area contributed by atoms with E-state index in [1.165, 1.54) is 28.2 Å². The number of amides is 8. The number of likely N-dealkylation sites (N-methyl/N-ethyl adjacent to an activating group) is 1. The van der Waals surface area contributed by atoms with Gasteiger partial charge in [0, 0.05) is 63.8 Å². The highest BCUT2D eigenvalue weighted by atomic mass is 32.1. The summed E-state index contributed by atoms with van der Waals surface area (Å²) in [6.07, 6.45) is 0.0546. The lowest BCUT2D eigenvalue weighted by atomic mass is 10.0. The first-order chi connectivity index (χ1) is 38.7. The smallest absolute Gasteiger partial charge is 0.326 e. The van der Waals surface area contributed by atoms with Gasteiger partial charge in [-0.15, -0.1) is 11.3 Å². The van der Waals surface area contributed by atoms with E-state index in [0.29, 0.717) is 35.3 Å². The molecule has 440 valence electrons. The Hall–Kier alpha value is -8.21. The van der Waals surface area contributed by atoms with Gasteiger partial charge in [-0.3, -0.25) is 48.3 Å². The standard InChI is InChI=1S/C53H75N15O12S/c1-66(41(25-32-14-6-3-7-15-32)47(75)64-37(24-31-12-4-2-5-13-31)44(72)63-36(51(79)80)18-9-21-60-53(57)58)49(77)39(30-69)65-45(73)38(27-34-16-11-23-81-34)62-43(71)28-61-46(74)42-26-33(70)29-68(42)50(78)40-19-10-22-67(40)48(76)35(54)17-8-20-59-52(55)56/h2-7,11-16,23,33,35-42,69-70H,8-10,17-22,24-30,54H2,1H3,(H,61,74)(H,62,71)(H,63,72)(H,64,75)(H,65,73)(H,79,80)(H4,55,56,59)(H4,57,58,60)/t33-,35+,36+,37+,38+,39+,40+,41-,42+/m1/s1. The topological polar surface area (TPSA) is 439 Å². The van der Waals surface area contributed by atoms with E-state index in [0.717, 1.165) is 4.90 Å². The third-order valence-corrected chi connectivity index (χ3v) is 14.6. The molecule has 0 aliphatic carbocycles. The molecule has 2 aromatic carbocycles. The number of carboxylic acids is 1. The number of hydrogen-bond acceptors (Lipinski definition) is 15. The Labute approximate surface area is 472 Å². The molecule has 27 nitrogen and oxygen atoms in total. The van der Waals surface area contributed by atoms with Crippen LogP contribution in [0.5, 0.6) is 0 Å². The van der Waals surface area contributed by atoms with E-state index in [1.54, 1.807) is 78.2 Å². The maximum atomic E-state index is 14.5. The third-order valence-electron chi connectivity index (χ3n) is 13.7. The molecule has 0 unspecified atom stereocenters. The first-order valence-corrected chi connectivity index (χ1v) is 27.4. The molecule has 1 aromatic heterocycles. The molecular formula is C53H75N15O12S. The Morgan fingerprint density at radius 3 is 1.88 bits per heavy atom. The van der Waals surface area contributed by atoms with Gasteiger partial charge in [0.05, 0.1) is 25.3 Å². The number of nitrogens with two attached hydrogens (primary N) is 5. The summed E-state index contributed by atoms with van der Waals surface area (Å²) in [5.74, 6) is -7.79. The van der Waals surface area contributed by atoms with Crippen molar-refractivity contribution in [1.29, 1.82) is 0 Å². The Kier molecular flexibility index (Phi) is 24.8. The van der Waals surface area contributed by atoms with Gasteiger partial charge in [-0.25, -0.2) is 4.79 Å². The van der Waals surface area contributed by atoms with Gasteiger partial charge < -0.3 is 85.3 Å². The molecule has 0 spiro atoms. The summed E-state index contributed by atoms with van der Waals surface area (Å²) < 4.78 is 0. The Bertz CT molecular complexity index is 2680. The summed E-state index contributed by atoms with van der Waals surface area (Å²) in [6, 6.07) is 10.3. The molecule has 2 aliphatic rings. The molecule has 81 heavy (non-hydrogen) atoms. The van der Waals surface area contributed by atoms with Gasteiger partial charge in [0.2, 0.25) is 47.3 Å². The van der Waals surface area contributed by atoms with Gasteiger partial charge in [-0.05, 0) is 61.1 Å². The zero-order valence-electron chi connectivity index (χ0n) is 45.1. The number of likely N-dealkylation sites (tertiary alicyclic amines) is 2. The SMILES string of the molecule is CN(C(=O)[C@H](CO)NC(=O)[C@H](Cc1cccs1)NC(=O)CNC(=O)[C@@H]1C[C@@H](O)CN1C(=O)[C@@H]1CCCN1C(=O)[C@@H](N)CCCN=C(N)N)[C@H](Cc1ccccc1)C(=O)N[C@@H](Cc1ccccc1)C(=O)N[C@@H](CCCN=C(N)N)C(=O)O. The molecule has 28 heteroatoms. The monoisotopic (exact) mass is 1150 g/mol. The van der Waals surface area contributed by atoms with E-state index >= 15 is 0 Å². The Balaban J connectivity index is 1.27. The van der Waals surface area contributed by atoms with Gasteiger partial charge in [-0.2, -0.15) is 0 Å². The molecule has 18 N–H and O–H groups in total. The summed E-state index contributed by atoms with van der Waals surface area (Å²) in [4.78, 5) is 136. The van der Waals surface area contributed by atoms with Crippen molar-refractivity contribution in [3.05, 3.63) is 94.2 Å². The van der Waals surface area contributed by atoms with Crippen LogP contribution in [0.2, 0.25) is 0 Å². The lowest BCUT2D eigenvalue weighted by Gasteiger charge is -2.32. The molecule has 3 aromatic rings. The number of benzene rings is 2. The highest BCUT2D eigenvalue weighted by Gasteiger charge is 2.45. The minimum absolute atomic E-state index is 0.0520. The molecule has 5 rings (SSSR count). The summed E-state index contributed by atoms with van der Waals surface area (Å²) in [5, 5.41) is 45.8. The first-order valence-electron chi connectivity index (χ1n) is 26.5. The number of nitrogens with one attached hydrogen (secondary N) is 5. The number of aliphatic imine (C=N–C) groups is 2. The number of guanidine groups is 2. The highest BCUT2D eigenvalue weighted by molar-refractivity contribution is 7.09. The van der Waals surface area contributed by atoms with Crippen LogP contribution in [0, 0.1) is 0 Å². The van der Waals surface area contributed by atoms with E-state index < -0.39 is 121 Å². The van der Waals surface area contributed by atoms with Crippen molar-refractivity contribution in [2.75, 3.05) is 46.4 Å². The van der Waals surface area contributed by atoms with Crippen LogP contribution in [0.3, 0.4) is 0 Å². The average Bonchev–Trinajstić information content (AvgIpc) is 4.30. The quantitative estimate of drug-likeness (QED) is 0.0173. The maximum Gasteiger partial charge on any atom is 0.326 e. The normalized spacial score (nSPS) is 17.9. The second kappa shape index (κ2) is 31.5. The largest absolute Gasteiger partial charge is 0.480 e. The molecule has 2 fully saturated rings. The van der Waals surface area contributed by atoms with Crippen LogP contribution in [0.15, 0.2) is 88.2 Å². The van der Waals surface area contributed by atoms with Crippen LogP contribution in [0.1, 0.15) is 60.9 Å². The molecule has 0 bridgehead atoms. The predicted molar refractivity (Wildman–Crippen MR) is 299 cm³/mol. The number of aliphatic carboxylic acids is 1. The van der Waals surface area contributed by atoms with Gasteiger partial charge in [0.1, 0.15) is 42.3 Å². The van der Waals surface area contributed by atoms with Crippen molar-refractivity contribution in [3.8, 4) is 0 Å². The number of carboxylic acid groups (broad SMARTS) is 1. The number of carbonyl (C=O) groups excluding carboxylic acids is 8. The third kappa shape index (κ3) is 19.5. The number of carbonyl (C=O) groups is 9. The van der Waals surface area contributed by atoms with E-state index in [9.17, 15) is 58.5 Å². The van der Waals surface area contributed by atoms with Crippen LogP contribution < -0.4 is 55.3 Å². The predicted octanol–water partition coefficient (Wildman–Crippen LogP) is -3.88. The number of nitrogens with zero attached hydrogens (tertiary/aromatic N) is 5. The lowest BCUT2D eigenvalue weighted by Crippen LogP contribution is -2.61. The van der Waals surface area contributed by atoms with Crippen LogP contribution in [-0.2, 0) is 62.4 Å². The maximum absolute atomic E-state index is 14.5. The molecule has 0 saturated carbocycles. The fourth-order valence-corrected chi connectivity index (χ4v) is 10.2. The zero-order chi connectivity index (χ0) is 59.2. The van der Waals surface area contributed by atoms with Crippen molar-refractivity contribution < 1.29 is 58.5 Å². The second-order valence-corrected chi connectivity index (χ2v) is 20.8. The number of rotatable bonds is 30. The van der Waals surface area contributed by atoms with E-state index in [4.69, 9.17) is 28.7 Å². The van der Waals surface area contributed by atoms with Crippen molar-refractivity contribution in [2.45, 2.75) is 119 Å². The Morgan fingerprint density at radius 2 is 1.30 bits per heavy atom. The van der Waals surface area contributed by atoms with E-state index in [1.807, 2.05) is 0 Å². The fraction of sp³-hybridized carbons (Fsp3) is 0.491. The minimum atomic E-state index is -1.69. The highest BCUT2D eigenvalue weighted by Crippen LogP contribution is 2.26. The summed E-state index contributed by atoms with van der Waals surface area (Å²) in [7, 11) is 1.28. The molecule has 3 heterocycles. The number of β-amino-alcohol motifs (C(OH)–C–C–N with tert-alkyl or cyclic N) is 1. The van der Waals surface area contributed by atoms with Gasteiger partial charge in [-0.1, -0.05) is 66.7 Å². The summed E-state index contributed by atoms with van der Waals surface area (Å²) in [6.45, 7) is -1.26. The number of hydrogen-bond donors (Lipinski definition) is 13. The van der Waals surface area contributed by atoms with Crippen molar-refractivity contribution >= 4 is 76.5 Å². The minimum Gasteiger partial charge on any atom is -0.480 e. The molecule has 2 saturated heterocycles. The molecule has 0 radical (unpaired) electrons. The second-order valence-electron chi connectivity index (χ2n) is 19.8. The molecule has 2 aliphatic heterocycles. The van der Waals surface area contributed by atoms with Gasteiger partial charge in [0.15, 0.2) is 11.9 Å². The molecule has 9 atom stereocenters. The number of thiophene rings is 1. The first kappa shape index (κ1) is 63.6. The number of aliphatic hydroxyl groups is 2.